The highest BCUT2D eigenvalue weighted by atomic mass is 32.1. The van der Waals surface area contributed by atoms with E-state index in [-0.39, 0.29) is 11.5 Å². The van der Waals surface area contributed by atoms with Gasteiger partial charge in [0.1, 0.15) is 0 Å². The van der Waals surface area contributed by atoms with Crippen LogP contribution in [0.3, 0.4) is 0 Å². The van der Waals surface area contributed by atoms with Crippen LogP contribution in [-0.2, 0) is 4.74 Å². The Morgan fingerprint density at radius 1 is 1.80 bits per heavy atom. The number of thiocarbonyl (C=S) groups is 1. The van der Waals surface area contributed by atoms with Crippen LogP contribution in [0.1, 0.15) is 6.92 Å². The SMILES string of the molecule is CCOC(=O)NCC(N)=S. The van der Waals surface area contributed by atoms with Gasteiger partial charge >= 0.3 is 6.09 Å². The Labute approximate surface area is 64.7 Å². The zero-order valence-electron chi connectivity index (χ0n) is 5.72. The van der Waals surface area contributed by atoms with E-state index in [1.54, 1.807) is 6.92 Å². The second kappa shape index (κ2) is 4.99. The average Bonchev–Trinajstić information content (AvgIpc) is 1.85. The number of carbonyl (C=O) groups is 1. The number of hydrogen-bond acceptors (Lipinski definition) is 3. The van der Waals surface area contributed by atoms with Gasteiger partial charge in [0, 0.05) is 0 Å². The molecule has 0 fully saturated rings. The highest BCUT2D eigenvalue weighted by molar-refractivity contribution is 7.80. The first-order valence-corrected chi connectivity index (χ1v) is 3.26. The minimum absolute atomic E-state index is 0.189. The van der Waals surface area contributed by atoms with Crippen LogP contribution in [0.2, 0.25) is 0 Å². The van der Waals surface area contributed by atoms with Gasteiger partial charge in [0.25, 0.3) is 0 Å². The summed E-state index contributed by atoms with van der Waals surface area (Å²) in [6.45, 7) is 2.26. The predicted octanol–water partition coefficient (Wildman–Crippen LogP) is 0.0186. The van der Waals surface area contributed by atoms with Gasteiger partial charge in [-0.25, -0.2) is 4.79 Å². The summed E-state index contributed by atoms with van der Waals surface area (Å²) in [5, 5.41) is 2.36. The summed E-state index contributed by atoms with van der Waals surface area (Å²) in [5.41, 5.74) is 5.10. The predicted molar refractivity (Wildman–Crippen MR) is 41.8 cm³/mol. The van der Waals surface area contributed by atoms with E-state index in [0.29, 0.717) is 6.61 Å². The third-order valence-corrected chi connectivity index (χ3v) is 0.827. The average molecular weight is 162 g/mol. The van der Waals surface area contributed by atoms with Crippen molar-refractivity contribution < 1.29 is 9.53 Å². The molecular formula is C5H10N2O2S. The third kappa shape index (κ3) is 5.30. The molecule has 0 atom stereocenters. The topological polar surface area (TPSA) is 64.3 Å². The van der Waals surface area contributed by atoms with E-state index >= 15 is 0 Å². The molecule has 0 heterocycles. The van der Waals surface area contributed by atoms with Crippen molar-refractivity contribution in [2.24, 2.45) is 5.73 Å². The molecule has 0 spiro atoms. The molecule has 0 aliphatic carbocycles. The molecule has 0 saturated heterocycles. The van der Waals surface area contributed by atoms with E-state index in [4.69, 9.17) is 5.73 Å². The van der Waals surface area contributed by atoms with Crippen molar-refractivity contribution >= 4 is 23.3 Å². The van der Waals surface area contributed by atoms with Gasteiger partial charge in [-0.1, -0.05) is 12.2 Å². The van der Waals surface area contributed by atoms with Gasteiger partial charge in [-0.3, -0.25) is 0 Å². The van der Waals surface area contributed by atoms with Crippen molar-refractivity contribution in [3.63, 3.8) is 0 Å². The van der Waals surface area contributed by atoms with Gasteiger partial charge in [-0.2, -0.15) is 0 Å². The molecule has 0 radical (unpaired) electrons. The zero-order chi connectivity index (χ0) is 7.98. The summed E-state index contributed by atoms with van der Waals surface area (Å²) >= 11 is 4.51. The first-order chi connectivity index (χ1) is 4.66. The van der Waals surface area contributed by atoms with Crippen molar-refractivity contribution in [3.05, 3.63) is 0 Å². The maximum Gasteiger partial charge on any atom is 0.407 e. The lowest BCUT2D eigenvalue weighted by Crippen LogP contribution is -2.32. The second-order valence-corrected chi connectivity index (χ2v) is 2.06. The van der Waals surface area contributed by atoms with Crippen LogP contribution in [0.5, 0.6) is 0 Å². The van der Waals surface area contributed by atoms with Crippen molar-refractivity contribution in [1.29, 1.82) is 0 Å². The van der Waals surface area contributed by atoms with Crippen LogP contribution in [0, 0.1) is 0 Å². The number of carbonyl (C=O) groups excluding carboxylic acids is 1. The molecule has 5 heteroatoms. The Morgan fingerprint density at radius 3 is 2.80 bits per heavy atom. The molecule has 10 heavy (non-hydrogen) atoms. The van der Waals surface area contributed by atoms with Gasteiger partial charge in [-0.05, 0) is 6.92 Å². The molecule has 0 aromatic carbocycles. The molecule has 0 saturated carbocycles. The number of nitrogens with two attached hydrogens (primary N) is 1. The fraction of sp³-hybridized carbons (Fsp3) is 0.600. The van der Waals surface area contributed by atoms with E-state index in [1.807, 2.05) is 0 Å². The molecular weight excluding hydrogens is 152 g/mol. The van der Waals surface area contributed by atoms with Crippen LogP contribution in [0.15, 0.2) is 0 Å². The number of rotatable bonds is 3. The van der Waals surface area contributed by atoms with E-state index in [1.165, 1.54) is 0 Å². The zero-order valence-corrected chi connectivity index (χ0v) is 6.53. The standard InChI is InChI=1S/C5H10N2O2S/c1-2-9-5(8)7-3-4(6)10/h2-3H2,1H3,(H2,6,10)(H,7,8). The molecule has 3 N–H and O–H groups in total. The Hall–Kier alpha value is -0.840. The van der Waals surface area contributed by atoms with Crippen LogP contribution in [0.25, 0.3) is 0 Å². The van der Waals surface area contributed by atoms with Gasteiger partial charge in [-0.15, -0.1) is 0 Å². The van der Waals surface area contributed by atoms with Crippen LogP contribution in [0.4, 0.5) is 4.79 Å². The Bertz CT molecular complexity index is 138. The highest BCUT2D eigenvalue weighted by Crippen LogP contribution is 1.74. The number of ether oxygens (including phenoxy) is 1. The molecule has 58 valence electrons. The number of hydrogen-bond donors (Lipinski definition) is 2. The molecule has 1 amide bonds. The largest absolute Gasteiger partial charge is 0.450 e. The minimum Gasteiger partial charge on any atom is -0.450 e. The molecule has 0 rings (SSSR count). The van der Waals surface area contributed by atoms with E-state index < -0.39 is 6.09 Å². The molecule has 0 aromatic rings. The number of amides is 1. The molecule has 0 aromatic heterocycles. The Kier molecular flexibility index (Phi) is 4.57. The molecule has 0 bridgehead atoms. The quantitative estimate of drug-likeness (QED) is 0.574. The van der Waals surface area contributed by atoms with Crippen molar-refractivity contribution in [3.8, 4) is 0 Å². The van der Waals surface area contributed by atoms with Crippen molar-refractivity contribution in [1.82, 2.24) is 5.32 Å². The lowest BCUT2D eigenvalue weighted by molar-refractivity contribution is 0.153. The minimum atomic E-state index is -0.490. The van der Waals surface area contributed by atoms with Gasteiger partial charge in [0.15, 0.2) is 0 Å². The fourth-order valence-corrected chi connectivity index (χ4v) is 0.414. The summed E-state index contributed by atoms with van der Waals surface area (Å²) < 4.78 is 4.53. The molecule has 0 aliphatic rings. The summed E-state index contributed by atoms with van der Waals surface area (Å²) in [6.07, 6.45) is -0.490. The first-order valence-electron chi connectivity index (χ1n) is 2.85. The maximum atomic E-state index is 10.5. The molecule has 0 aliphatic heterocycles. The summed E-state index contributed by atoms with van der Waals surface area (Å²) in [6, 6.07) is 0. The van der Waals surface area contributed by atoms with E-state index in [9.17, 15) is 4.79 Å². The summed E-state index contributed by atoms with van der Waals surface area (Å²) in [4.78, 5) is 10.7. The first kappa shape index (κ1) is 9.16. The number of nitrogens with one attached hydrogen (secondary N) is 1. The van der Waals surface area contributed by atoms with Crippen molar-refractivity contribution in [2.75, 3.05) is 13.2 Å². The van der Waals surface area contributed by atoms with Crippen LogP contribution < -0.4 is 11.1 Å². The van der Waals surface area contributed by atoms with Crippen molar-refractivity contribution in [2.45, 2.75) is 6.92 Å². The van der Waals surface area contributed by atoms with Gasteiger partial charge in [0.05, 0.1) is 18.1 Å². The fourth-order valence-electron chi connectivity index (χ4n) is 0.341. The monoisotopic (exact) mass is 162 g/mol. The summed E-state index contributed by atoms with van der Waals surface area (Å²) in [5.74, 6) is 0. The van der Waals surface area contributed by atoms with E-state index in [0.717, 1.165) is 0 Å². The highest BCUT2D eigenvalue weighted by Gasteiger charge is 1.97. The smallest absolute Gasteiger partial charge is 0.407 e. The van der Waals surface area contributed by atoms with E-state index in [2.05, 4.69) is 22.3 Å². The van der Waals surface area contributed by atoms with Gasteiger partial charge in [0.2, 0.25) is 0 Å². The lowest BCUT2D eigenvalue weighted by Gasteiger charge is -2.02. The Balaban J connectivity index is 3.30. The summed E-state index contributed by atoms with van der Waals surface area (Å²) in [7, 11) is 0. The second-order valence-electron chi connectivity index (χ2n) is 1.54. The van der Waals surface area contributed by atoms with Crippen LogP contribution in [-0.4, -0.2) is 24.2 Å². The Morgan fingerprint density at radius 2 is 2.40 bits per heavy atom. The maximum absolute atomic E-state index is 10.5. The van der Waals surface area contributed by atoms with Gasteiger partial charge < -0.3 is 15.8 Å². The number of alkyl carbamates (subject to hydrolysis) is 1. The normalized spacial score (nSPS) is 8.50. The molecule has 0 unspecified atom stereocenters. The van der Waals surface area contributed by atoms with Crippen LogP contribution >= 0.6 is 12.2 Å². The third-order valence-electron chi connectivity index (χ3n) is 0.682. The molecule has 4 nitrogen and oxygen atoms in total. The lowest BCUT2D eigenvalue weighted by atomic mass is 10.6.